The number of aliphatic carboxylic acids is 1. The van der Waals surface area contributed by atoms with Crippen molar-refractivity contribution in [3.8, 4) is 11.1 Å². The fourth-order valence-electron chi connectivity index (χ4n) is 4.37. The average molecular weight is 589 g/mol. The van der Waals surface area contributed by atoms with E-state index < -0.39 is 12.1 Å². The van der Waals surface area contributed by atoms with Crippen molar-refractivity contribution in [1.82, 2.24) is 9.97 Å². The first kappa shape index (κ1) is 30.8. The van der Waals surface area contributed by atoms with E-state index in [4.69, 9.17) is 9.90 Å². The highest BCUT2D eigenvalue weighted by Crippen LogP contribution is 2.34. The number of nitrogens with zero attached hydrogens (tertiary/aromatic N) is 1. The Morgan fingerprint density at radius 1 is 0.907 bits per heavy atom. The summed E-state index contributed by atoms with van der Waals surface area (Å²) >= 11 is 0. The lowest BCUT2D eigenvalue weighted by molar-refractivity contribution is -0.192. The van der Waals surface area contributed by atoms with Crippen molar-refractivity contribution in [2.24, 2.45) is 0 Å². The maximum atomic E-state index is 13.0. The number of benzene rings is 3. The fraction of sp³-hybridized carbons (Fsp3) is 0.182. The third-order valence-corrected chi connectivity index (χ3v) is 6.57. The van der Waals surface area contributed by atoms with Crippen LogP contribution in [0.4, 0.5) is 30.2 Å². The Kier molecular flexibility index (Phi) is 9.18. The molecule has 0 saturated heterocycles. The van der Waals surface area contributed by atoms with E-state index in [9.17, 15) is 18.0 Å². The number of carboxylic acid groups (broad SMARTS) is 1. The quantitative estimate of drug-likeness (QED) is 0.160. The number of amides is 1. The maximum absolute atomic E-state index is 13.0. The highest BCUT2D eigenvalue weighted by Gasteiger charge is 2.38. The van der Waals surface area contributed by atoms with E-state index in [0.29, 0.717) is 6.42 Å². The van der Waals surface area contributed by atoms with E-state index in [-0.39, 0.29) is 11.3 Å². The Bertz CT molecular complexity index is 1710. The number of anilines is 3. The largest absolute Gasteiger partial charge is 0.490 e. The van der Waals surface area contributed by atoms with Gasteiger partial charge in [0.15, 0.2) is 0 Å². The second kappa shape index (κ2) is 12.8. The summed E-state index contributed by atoms with van der Waals surface area (Å²) in [7, 11) is 0. The molecule has 5 aromatic rings. The first-order valence-electron chi connectivity index (χ1n) is 13.4. The lowest BCUT2D eigenvalue weighted by Gasteiger charge is -2.20. The van der Waals surface area contributed by atoms with Gasteiger partial charge in [0.25, 0.3) is 0 Å². The molecule has 10 heteroatoms. The predicted octanol–water partition coefficient (Wildman–Crippen LogP) is 8.09. The molecule has 7 nitrogen and oxygen atoms in total. The van der Waals surface area contributed by atoms with Crippen LogP contribution in [0.3, 0.4) is 0 Å². The summed E-state index contributed by atoms with van der Waals surface area (Å²) < 4.78 is 31.7. The summed E-state index contributed by atoms with van der Waals surface area (Å²) in [5.41, 5.74) is 8.05. The number of carboxylic acids is 1. The molecule has 3 aromatic carbocycles. The van der Waals surface area contributed by atoms with Crippen LogP contribution in [0.15, 0.2) is 97.5 Å². The zero-order valence-electron chi connectivity index (χ0n) is 23.8. The number of pyridine rings is 1. The molecule has 0 saturated carbocycles. The minimum atomic E-state index is -5.08. The van der Waals surface area contributed by atoms with Crippen LogP contribution in [0.2, 0.25) is 0 Å². The van der Waals surface area contributed by atoms with Gasteiger partial charge in [-0.15, -0.1) is 0 Å². The normalized spacial score (nSPS) is 11.4. The Morgan fingerprint density at radius 2 is 1.60 bits per heavy atom. The molecular weight excluding hydrogens is 557 g/mol. The number of carbonyl (C=O) groups excluding carboxylic acids is 1. The number of para-hydroxylation sites is 1. The summed E-state index contributed by atoms with van der Waals surface area (Å²) in [6, 6.07) is 26.5. The highest BCUT2D eigenvalue weighted by molar-refractivity contribution is 5.97. The van der Waals surface area contributed by atoms with Gasteiger partial charge in [0, 0.05) is 40.2 Å². The fourth-order valence-corrected chi connectivity index (χ4v) is 4.37. The van der Waals surface area contributed by atoms with Crippen molar-refractivity contribution in [3.63, 3.8) is 0 Å². The van der Waals surface area contributed by atoms with Gasteiger partial charge in [-0.1, -0.05) is 63.2 Å². The highest BCUT2D eigenvalue weighted by atomic mass is 19.4. The molecule has 5 rings (SSSR count). The van der Waals surface area contributed by atoms with Gasteiger partial charge in [-0.3, -0.25) is 9.78 Å². The number of nitrogens with one attached hydrogen (secondary N) is 3. The van der Waals surface area contributed by atoms with Crippen LogP contribution in [-0.2, 0) is 21.4 Å². The van der Waals surface area contributed by atoms with Crippen molar-refractivity contribution in [2.45, 2.75) is 38.8 Å². The number of rotatable bonds is 6. The number of hydrogen-bond acceptors (Lipinski definition) is 4. The Balaban J connectivity index is 0.000000541. The number of aromatic amines is 1. The third kappa shape index (κ3) is 8.22. The Labute approximate surface area is 246 Å². The van der Waals surface area contributed by atoms with E-state index in [2.05, 4.69) is 65.6 Å². The predicted molar refractivity (Wildman–Crippen MR) is 162 cm³/mol. The van der Waals surface area contributed by atoms with Crippen LogP contribution in [0.5, 0.6) is 0 Å². The number of carbonyl (C=O) groups is 2. The standard InChI is InChI=1S/C31H30N4O.C2HF3O2/c1-31(2,3)23-12-10-21(11-13-23)27-18-24(14-15-29(27)34-25-7-6-16-32-20-25)35-30(36)17-22-19-33-28-9-5-4-8-26(22)28;3-2(4,5)1(6)7/h4-16,18-20,33-34H,17H2,1-3H3,(H,35,36);(H,6,7). The van der Waals surface area contributed by atoms with Crippen LogP contribution in [0.25, 0.3) is 22.0 Å². The molecule has 2 heterocycles. The first-order chi connectivity index (χ1) is 20.3. The smallest absolute Gasteiger partial charge is 0.475 e. The van der Waals surface area contributed by atoms with E-state index in [0.717, 1.165) is 44.7 Å². The van der Waals surface area contributed by atoms with Gasteiger partial charge < -0.3 is 20.7 Å². The van der Waals surface area contributed by atoms with E-state index in [1.165, 1.54) is 5.56 Å². The number of fused-ring (bicyclic) bond motifs is 1. The molecule has 0 spiro atoms. The van der Waals surface area contributed by atoms with E-state index in [1.54, 1.807) is 12.4 Å². The van der Waals surface area contributed by atoms with Crippen LogP contribution >= 0.6 is 0 Å². The van der Waals surface area contributed by atoms with Gasteiger partial charge in [0.2, 0.25) is 5.91 Å². The van der Waals surface area contributed by atoms with Crippen molar-refractivity contribution in [1.29, 1.82) is 0 Å². The molecule has 2 aromatic heterocycles. The van der Waals surface area contributed by atoms with E-state index >= 15 is 0 Å². The Morgan fingerprint density at radius 3 is 2.23 bits per heavy atom. The van der Waals surface area contributed by atoms with Crippen molar-refractivity contribution >= 4 is 39.8 Å². The minimum absolute atomic E-state index is 0.0539. The van der Waals surface area contributed by atoms with Crippen molar-refractivity contribution in [3.05, 3.63) is 109 Å². The third-order valence-electron chi connectivity index (χ3n) is 6.57. The molecule has 43 heavy (non-hydrogen) atoms. The van der Waals surface area contributed by atoms with Gasteiger partial charge in [-0.25, -0.2) is 4.79 Å². The summed E-state index contributed by atoms with van der Waals surface area (Å²) in [4.78, 5) is 29.3. The zero-order chi connectivity index (χ0) is 31.2. The number of H-pyrrole nitrogens is 1. The van der Waals surface area contributed by atoms with Gasteiger partial charge in [0.1, 0.15) is 0 Å². The molecule has 0 bridgehead atoms. The molecule has 0 radical (unpaired) electrons. The van der Waals surface area contributed by atoms with Crippen LogP contribution in [0, 0.1) is 0 Å². The van der Waals surface area contributed by atoms with Crippen LogP contribution in [-0.4, -0.2) is 33.1 Å². The lowest BCUT2D eigenvalue weighted by Crippen LogP contribution is -2.21. The maximum Gasteiger partial charge on any atom is 0.490 e. The second-order valence-electron chi connectivity index (χ2n) is 10.8. The molecule has 0 fully saturated rings. The number of alkyl halides is 3. The monoisotopic (exact) mass is 588 g/mol. The Hall–Kier alpha value is -5.12. The molecule has 1 amide bonds. The van der Waals surface area contributed by atoms with Gasteiger partial charge in [-0.05, 0) is 58.5 Å². The topological polar surface area (TPSA) is 107 Å². The van der Waals surface area contributed by atoms with Crippen molar-refractivity contribution in [2.75, 3.05) is 10.6 Å². The van der Waals surface area contributed by atoms with Gasteiger partial charge >= 0.3 is 12.1 Å². The summed E-state index contributed by atoms with van der Waals surface area (Å²) in [6.07, 6.45) is 0.676. The van der Waals surface area contributed by atoms with Crippen molar-refractivity contribution < 1.29 is 27.9 Å². The van der Waals surface area contributed by atoms with E-state index in [1.807, 2.05) is 60.8 Å². The average Bonchev–Trinajstić information content (AvgIpc) is 3.36. The van der Waals surface area contributed by atoms with Crippen LogP contribution in [0.1, 0.15) is 31.9 Å². The summed E-state index contributed by atoms with van der Waals surface area (Å²) in [6.45, 7) is 6.63. The number of aromatic nitrogens is 2. The molecule has 222 valence electrons. The number of hydrogen-bond donors (Lipinski definition) is 4. The number of halogens is 3. The first-order valence-corrected chi connectivity index (χ1v) is 13.4. The SMILES string of the molecule is CC(C)(C)c1ccc(-c2cc(NC(=O)Cc3c[nH]c4ccccc34)ccc2Nc2cccnc2)cc1.O=C(O)C(F)(F)F. The second-order valence-corrected chi connectivity index (χ2v) is 10.8. The molecule has 0 atom stereocenters. The lowest BCUT2D eigenvalue weighted by atomic mass is 9.86. The summed E-state index contributed by atoms with van der Waals surface area (Å²) in [5.74, 6) is -2.81. The van der Waals surface area contributed by atoms with Crippen LogP contribution < -0.4 is 10.6 Å². The van der Waals surface area contributed by atoms with Gasteiger partial charge in [-0.2, -0.15) is 13.2 Å². The molecular formula is C33H31F3N4O3. The molecule has 0 aliphatic carbocycles. The molecule has 0 unspecified atom stereocenters. The van der Waals surface area contributed by atoms with Gasteiger partial charge in [0.05, 0.1) is 18.3 Å². The molecule has 4 N–H and O–H groups in total. The molecule has 0 aliphatic rings. The zero-order valence-corrected chi connectivity index (χ0v) is 23.8. The minimum Gasteiger partial charge on any atom is -0.475 e. The summed E-state index contributed by atoms with van der Waals surface area (Å²) in [5, 5.41) is 14.8. The molecule has 0 aliphatic heterocycles.